The molecule has 1 N–H and O–H groups in total. The Morgan fingerprint density at radius 1 is 1.35 bits per heavy atom. The number of hydrogen-bond donors (Lipinski definition) is 1. The van der Waals surface area contributed by atoms with Crippen LogP contribution in [0.4, 0.5) is 11.5 Å². The summed E-state index contributed by atoms with van der Waals surface area (Å²) in [7, 11) is 0. The summed E-state index contributed by atoms with van der Waals surface area (Å²) in [6.07, 6.45) is 5.26. The molecule has 0 atom stereocenters. The van der Waals surface area contributed by atoms with Crippen LogP contribution in [0.2, 0.25) is 0 Å². The normalized spacial score (nSPS) is 14.1. The minimum absolute atomic E-state index is 0.0184. The van der Waals surface area contributed by atoms with Gasteiger partial charge in [-0.2, -0.15) is 0 Å². The third kappa shape index (κ3) is 3.41. The van der Waals surface area contributed by atoms with E-state index in [0.29, 0.717) is 18.2 Å². The lowest BCUT2D eigenvalue weighted by molar-refractivity contribution is -0.384. The van der Waals surface area contributed by atoms with Crippen LogP contribution in [0, 0.1) is 17.0 Å². The fourth-order valence-electron chi connectivity index (χ4n) is 2.52. The standard InChI is InChI=1S/C17H19N3O3/c1-12-9-10-18-17(16(12)20(21)22)19-11-13-5-2-3-8-15(13)23-14-6-4-7-14/h2-3,5,8-10,14H,4,6-7,11H2,1H3,(H,18,19). The van der Waals surface area contributed by atoms with Gasteiger partial charge in [0, 0.05) is 23.9 Å². The van der Waals surface area contributed by atoms with E-state index in [2.05, 4.69) is 10.3 Å². The van der Waals surface area contributed by atoms with Gasteiger partial charge >= 0.3 is 5.69 Å². The molecule has 120 valence electrons. The Balaban J connectivity index is 1.76. The molecule has 6 nitrogen and oxygen atoms in total. The van der Waals surface area contributed by atoms with Crippen molar-refractivity contribution in [3.63, 3.8) is 0 Å². The Morgan fingerprint density at radius 2 is 2.13 bits per heavy atom. The molecule has 1 heterocycles. The van der Waals surface area contributed by atoms with Crippen molar-refractivity contribution in [2.24, 2.45) is 0 Å². The molecule has 0 saturated heterocycles. The summed E-state index contributed by atoms with van der Waals surface area (Å²) in [4.78, 5) is 14.9. The number of nitrogens with zero attached hydrogens (tertiary/aromatic N) is 2. The molecule has 0 spiro atoms. The van der Waals surface area contributed by atoms with Crippen LogP contribution in [0.5, 0.6) is 5.75 Å². The highest BCUT2D eigenvalue weighted by atomic mass is 16.6. The zero-order chi connectivity index (χ0) is 16.2. The third-order valence-corrected chi connectivity index (χ3v) is 4.07. The number of nitrogens with one attached hydrogen (secondary N) is 1. The van der Waals surface area contributed by atoms with Gasteiger partial charge in [-0.1, -0.05) is 18.2 Å². The van der Waals surface area contributed by atoms with Crippen molar-refractivity contribution in [2.45, 2.75) is 38.8 Å². The first-order valence-corrected chi connectivity index (χ1v) is 7.73. The van der Waals surface area contributed by atoms with Gasteiger partial charge in [0.2, 0.25) is 5.82 Å². The van der Waals surface area contributed by atoms with Gasteiger partial charge in [0.1, 0.15) is 5.75 Å². The van der Waals surface area contributed by atoms with Crippen molar-refractivity contribution in [3.8, 4) is 5.75 Å². The van der Waals surface area contributed by atoms with Crippen molar-refractivity contribution in [2.75, 3.05) is 5.32 Å². The van der Waals surface area contributed by atoms with Gasteiger partial charge in [-0.05, 0) is 38.3 Å². The zero-order valence-electron chi connectivity index (χ0n) is 13.0. The molecule has 1 aromatic heterocycles. The fourth-order valence-corrected chi connectivity index (χ4v) is 2.52. The Morgan fingerprint density at radius 3 is 2.83 bits per heavy atom. The van der Waals surface area contributed by atoms with Crippen LogP contribution < -0.4 is 10.1 Å². The van der Waals surface area contributed by atoms with Gasteiger partial charge in [0.05, 0.1) is 11.0 Å². The van der Waals surface area contributed by atoms with Crippen LogP contribution in [0.1, 0.15) is 30.4 Å². The molecule has 2 aromatic rings. The molecule has 1 saturated carbocycles. The van der Waals surface area contributed by atoms with Crippen molar-refractivity contribution in [3.05, 3.63) is 57.8 Å². The lowest BCUT2D eigenvalue weighted by Gasteiger charge is -2.27. The van der Waals surface area contributed by atoms with E-state index in [-0.39, 0.29) is 11.5 Å². The van der Waals surface area contributed by atoms with E-state index in [0.717, 1.165) is 24.2 Å². The fraction of sp³-hybridized carbons (Fsp3) is 0.353. The SMILES string of the molecule is Cc1ccnc(NCc2ccccc2OC2CCC2)c1[N+](=O)[O-]. The highest BCUT2D eigenvalue weighted by Gasteiger charge is 2.21. The van der Waals surface area contributed by atoms with E-state index in [4.69, 9.17) is 4.74 Å². The van der Waals surface area contributed by atoms with Crippen molar-refractivity contribution in [1.29, 1.82) is 0 Å². The van der Waals surface area contributed by atoms with Gasteiger partial charge < -0.3 is 10.1 Å². The van der Waals surface area contributed by atoms with Crippen molar-refractivity contribution >= 4 is 11.5 Å². The lowest BCUT2D eigenvalue weighted by atomic mass is 9.96. The summed E-state index contributed by atoms with van der Waals surface area (Å²) in [5.74, 6) is 1.12. The molecular weight excluding hydrogens is 294 g/mol. The van der Waals surface area contributed by atoms with Gasteiger partial charge in [-0.15, -0.1) is 0 Å². The largest absolute Gasteiger partial charge is 0.490 e. The average Bonchev–Trinajstić information content (AvgIpc) is 2.49. The van der Waals surface area contributed by atoms with Crippen LogP contribution in [-0.2, 0) is 6.54 Å². The number of pyridine rings is 1. The van der Waals surface area contributed by atoms with E-state index in [9.17, 15) is 10.1 Å². The second-order valence-electron chi connectivity index (χ2n) is 5.71. The van der Waals surface area contributed by atoms with Crippen LogP contribution >= 0.6 is 0 Å². The van der Waals surface area contributed by atoms with Gasteiger partial charge in [-0.3, -0.25) is 10.1 Å². The number of anilines is 1. The van der Waals surface area contributed by atoms with Crippen molar-refractivity contribution in [1.82, 2.24) is 4.98 Å². The van der Waals surface area contributed by atoms with Crippen LogP contribution in [-0.4, -0.2) is 16.0 Å². The second kappa shape index (κ2) is 6.64. The monoisotopic (exact) mass is 313 g/mol. The Bertz CT molecular complexity index is 714. The number of aryl methyl sites for hydroxylation is 1. The topological polar surface area (TPSA) is 77.3 Å². The Kier molecular flexibility index (Phi) is 4.41. The molecule has 0 radical (unpaired) electrons. The summed E-state index contributed by atoms with van der Waals surface area (Å²) in [6.45, 7) is 2.14. The first-order chi connectivity index (χ1) is 11.1. The predicted octanol–water partition coefficient (Wildman–Crippen LogP) is 3.84. The molecule has 6 heteroatoms. The molecule has 1 aliphatic rings. The lowest BCUT2D eigenvalue weighted by Crippen LogP contribution is -2.25. The van der Waals surface area contributed by atoms with E-state index in [1.54, 1.807) is 19.2 Å². The molecule has 0 amide bonds. The Labute approximate surface area is 134 Å². The molecule has 0 unspecified atom stereocenters. The van der Waals surface area contributed by atoms with E-state index >= 15 is 0 Å². The number of benzene rings is 1. The maximum Gasteiger partial charge on any atom is 0.314 e. The molecular formula is C17H19N3O3. The summed E-state index contributed by atoms with van der Waals surface area (Å²) in [6, 6.07) is 9.40. The number of hydrogen-bond acceptors (Lipinski definition) is 5. The molecule has 1 aliphatic carbocycles. The maximum atomic E-state index is 11.2. The number of rotatable bonds is 6. The second-order valence-corrected chi connectivity index (χ2v) is 5.71. The van der Waals surface area contributed by atoms with Gasteiger partial charge in [0.25, 0.3) is 0 Å². The molecule has 0 bridgehead atoms. The number of para-hydroxylation sites is 1. The van der Waals surface area contributed by atoms with E-state index in [1.165, 1.54) is 6.42 Å². The highest BCUT2D eigenvalue weighted by Crippen LogP contribution is 2.29. The molecule has 0 aliphatic heterocycles. The number of aromatic nitrogens is 1. The number of nitro groups is 1. The Hall–Kier alpha value is -2.63. The summed E-state index contributed by atoms with van der Waals surface area (Å²) in [5, 5.41) is 14.3. The molecule has 1 fully saturated rings. The summed E-state index contributed by atoms with van der Waals surface area (Å²) in [5.41, 5.74) is 1.58. The molecule has 3 rings (SSSR count). The maximum absolute atomic E-state index is 11.2. The van der Waals surface area contributed by atoms with Gasteiger partial charge in [-0.25, -0.2) is 4.98 Å². The average molecular weight is 313 g/mol. The summed E-state index contributed by atoms with van der Waals surface area (Å²) < 4.78 is 5.98. The van der Waals surface area contributed by atoms with Crippen LogP contribution in [0.15, 0.2) is 36.5 Å². The van der Waals surface area contributed by atoms with Crippen molar-refractivity contribution < 1.29 is 9.66 Å². The molecule has 23 heavy (non-hydrogen) atoms. The smallest absolute Gasteiger partial charge is 0.314 e. The minimum Gasteiger partial charge on any atom is -0.490 e. The van der Waals surface area contributed by atoms with Gasteiger partial charge in [0.15, 0.2) is 0 Å². The first kappa shape index (κ1) is 15.3. The van der Waals surface area contributed by atoms with E-state index in [1.807, 2.05) is 24.3 Å². The predicted molar refractivity (Wildman–Crippen MR) is 87.7 cm³/mol. The van der Waals surface area contributed by atoms with E-state index < -0.39 is 4.92 Å². The minimum atomic E-state index is -0.401. The zero-order valence-corrected chi connectivity index (χ0v) is 13.0. The highest BCUT2D eigenvalue weighted by molar-refractivity contribution is 5.60. The third-order valence-electron chi connectivity index (χ3n) is 4.07. The first-order valence-electron chi connectivity index (χ1n) is 7.73. The summed E-state index contributed by atoms with van der Waals surface area (Å²) >= 11 is 0. The van der Waals surface area contributed by atoms with Crippen LogP contribution in [0.25, 0.3) is 0 Å². The van der Waals surface area contributed by atoms with Crippen LogP contribution in [0.3, 0.4) is 0 Å². The molecule has 1 aromatic carbocycles. The number of ether oxygens (including phenoxy) is 1. The quantitative estimate of drug-likeness (QED) is 0.647.